The van der Waals surface area contributed by atoms with Crippen molar-refractivity contribution in [3.63, 3.8) is 0 Å². The Labute approximate surface area is 82.8 Å². The fourth-order valence-electron chi connectivity index (χ4n) is 0.566. The lowest BCUT2D eigenvalue weighted by Gasteiger charge is -2.06. The summed E-state index contributed by atoms with van der Waals surface area (Å²) in [7, 11) is 0. The highest BCUT2D eigenvalue weighted by atomic mass is 16.7. The van der Waals surface area contributed by atoms with Gasteiger partial charge in [-0.15, -0.1) is 0 Å². The Morgan fingerprint density at radius 1 is 1.21 bits per heavy atom. The van der Waals surface area contributed by atoms with Crippen LogP contribution in [0.1, 0.15) is 33.6 Å². The molecule has 0 radical (unpaired) electrons. The van der Waals surface area contributed by atoms with E-state index in [4.69, 9.17) is 0 Å². The van der Waals surface area contributed by atoms with Gasteiger partial charge in [0.1, 0.15) is 5.78 Å². The van der Waals surface area contributed by atoms with Gasteiger partial charge < -0.3 is 9.63 Å². The van der Waals surface area contributed by atoms with Crippen LogP contribution >= 0.6 is 0 Å². The van der Waals surface area contributed by atoms with E-state index in [0.717, 1.165) is 0 Å². The Bertz CT molecular complexity index is 235. The van der Waals surface area contributed by atoms with Crippen molar-refractivity contribution in [2.45, 2.75) is 33.6 Å². The molecule has 0 aliphatic heterocycles. The molecule has 5 nitrogen and oxygen atoms in total. The molecule has 0 aromatic heterocycles. The highest BCUT2D eigenvalue weighted by molar-refractivity contribution is 5.84. The van der Waals surface area contributed by atoms with Gasteiger partial charge in [0, 0.05) is 12.8 Å². The molecule has 0 rings (SSSR count). The van der Waals surface area contributed by atoms with E-state index in [9.17, 15) is 14.4 Å². The summed E-state index contributed by atoms with van der Waals surface area (Å²) >= 11 is 0. The average Bonchev–Trinajstić information content (AvgIpc) is 2.10. The van der Waals surface area contributed by atoms with E-state index in [-0.39, 0.29) is 24.5 Å². The van der Waals surface area contributed by atoms with E-state index in [1.807, 2.05) is 5.48 Å². The summed E-state index contributed by atoms with van der Waals surface area (Å²) in [5.74, 6) is -1.33. The molecule has 0 saturated carbocycles. The third-order valence-electron chi connectivity index (χ3n) is 1.44. The van der Waals surface area contributed by atoms with E-state index in [2.05, 4.69) is 4.84 Å². The number of carbonyl (C=O) groups excluding carboxylic acids is 3. The van der Waals surface area contributed by atoms with E-state index in [0.29, 0.717) is 0 Å². The molecular weight excluding hydrogens is 186 g/mol. The summed E-state index contributed by atoms with van der Waals surface area (Å²) in [5.41, 5.74) is 1.98. The summed E-state index contributed by atoms with van der Waals surface area (Å²) in [6, 6.07) is 0. The highest BCUT2D eigenvalue weighted by Crippen LogP contribution is 1.95. The van der Waals surface area contributed by atoms with Crippen LogP contribution in [-0.4, -0.2) is 17.7 Å². The van der Waals surface area contributed by atoms with Gasteiger partial charge in [-0.2, -0.15) is 5.48 Å². The molecule has 0 heterocycles. The Morgan fingerprint density at radius 3 is 2.21 bits per heavy atom. The van der Waals surface area contributed by atoms with Crippen molar-refractivity contribution < 1.29 is 19.2 Å². The molecule has 0 atom stereocenters. The van der Waals surface area contributed by atoms with Crippen LogP contribution in [0, 0.1) is 5.92 Å². The van der Waals surface area contributed by atoms with Gasteiger partial charge in [-0.3, -0.25) is 4.79 Å². The van der Waals surface area contributed by atoms with Gasteiger partial charge in [0.05, 0.1) is 5.92 Å². The largest absolute Gasteiger partial charge is 0.341 e. The number of carbonyl (C=O) groups is 3. The van der Waals surface area contributed by atoms with Gasteiger partial charge in [-0.05, 0) is 6.92 Å². The van der Waals surface area contributed by atoms with Gasteiger partial charge in [-0.25, -0.2) is 4.79 Å². The van der Waals surface area contributed by atoms with E-state index >= 15 is 0 Å². The summed E-state index contributed by atoms with van der Waals surface area (Å²) in [6.45, 7) is 4.71. The molecule has 0 unspecified atom stereocenters. The van der Waals surface area contributed by atoms with Crippen LogP contribution in [0.25, 0.3) is 0 Å². The molecule has 0 aromatic carbocycles. The molecule has 1 N–H and O–H groups in total. The van der Waals surface area contributed by atoms with Gasteiger partial charge in [0.15, 0.2) is 0 Å². The smallest absolute Gasteiger partial charge is 0.334 e. The fraction of sp³-hybridized carbons (Fsp3) is 0.667. The predicted molar refractivity (Wildman–Crippen MR) is 49.0 cm³/mol. The van der Waals surface area contributed by atoms with Crippen LogP contribution in [0.2, 0.25) is 0 Å². The molecule has 0 aromatic rings. The first kappa shape index (κ1) is 12.6. The standard InChI is InChI=1S/C9H15NO4/c1-6(2)9(13)14-10-8(12)5-4-7(3)11/h6H,4-5H2,1-3H3,(H,10,12). The number of hydroxylamine groups is 1. The Hall–Kier alpha value is -1.39. The van der Waals surface area contributed by atoms with Crippen LogP contribution in [-0.2, 0) is 19.2 Å². The maximum Gasteiger partial charge on any atom is 0.334 e. The monoisotopic (exact) mass is 201 g/mol. The van der Waals surface area contributed by atoms with E-state index in [1.54, 1.807) is 13.8 Å². The molecule has 80 valence electrons. The Kier molecular flexibility index (Phi) is 5.52. The number of ketones is 1. The number of hydrogen-bond donors (Lipinski definition) is 1. The summed E-state index contributed by atoms with van der Waals surface area (Å²) in [4.78, 5) is 36.8. The second-order valence-corrected chi connectivity index (χ2v) is 3.30. The Morgan fingerprint density at radius 2 is 1.79 bits per heavy atom. The third kappa shape index (κ3) is 6.16. The van der Waals surface area contributed by atoms with Crippen molar-refractivity contribution >= 4 is 17.7 Å². The second kappa shape index (κ2) is 6.12. The number of hydrogen-bond acceptors (Lipinski definition) is 4. The quantitative estimate of drug-likeness (QED) is 0.675. The van der Waals surface area contributed by atoms with Crippen molar-refractivity contribution in [3.8, 4) is 0 Å². The molecule has 0 bridgehead atoms. The first-order chi connectivity index (χ1) is 6.43. The topological polar surface area (TPSA) is 72.5 Å². The van der Waals surface area contributed by atoms with Crippen LogP contribution in [0.5, 0.6) is 0 Å². The molecule has 0 aliphatic rings. The molecule has 14 heavy (non-hydrogen) atoms. The van der Waals surface area contributed by atoms with Crippen molar-refractivity contribution in [2.75, 3.05) is 0 Å². The normalized spacial score (nSPS) is 9.71. The zero-order valence-electron chi connectivity index (χ0n) is 8.62. The van der Waals surface area contributed by atoms with Crippen molar-refractivity contribution in [2.24, 2.45) is 5.92 Å². The summed E-state index contributed by atoms with van der Waals surface area (Å²) in [5, 5.41) is 0. The van der Waals surface area contributed by atoms with Gasteiger partial charge >= 0.3 is 5.97 Å². The first-order valence-electron chi connectivity index (χ1n) is 4.42. The van der Waals surface area contributed by atoms with E-state index < -0.39 is 11.9 Å². The fourth-order valence-corrected chi connectivity index (χ4v) is 0.566. The van der Waals surface area contributed by atoms with Crippen LogP contribution in [0.15, 0.2) is 0 Å². The lowest BCUT2D eigenvalue weighted by atomic mass is 10.2. The van der Waals surface area contributed by atoms with Crippen LogP contribution in [0.3, 0.4) is 0 Å². The first-order valence-corrected chi connectivity index (χ1v) is 4.42. The zero-order chi connectivity index (χ0) is 11.1. The lowest BCUT2D eigenvalue weighted by molar-refractivity contribution is -0.161. The number of rotatable bonds is 4. The molecule has 0 spiro atoms. The maximum absolute atomic E-state index is 10.9. The number of amides is 1. The SMILES string of the molecule is CC(=O)CCC(=O)NOC(=O)C(C)C. The van der Waals surface area contributed by atoms with Crippen molar-refractivity contribution in [1.29, 1.82) is 0 Å². The molecule has 0 fully saturated rings. The van der Waals surface area contributed by atoms with Crippen molar-refractivity contribution in [3.05, 3.63) is 0 Å². The third-order valence-corrected chi connectivity index (χ3v) is 1.44. The predicted octanol–water partition coefficient (Wildman–Crippen LogP) is 0.586. The minimum absolute atomic E-state index is 0.0424. The molecule has 1 amide bonds. The molecule has 5 heteroatoms. The maximum atomic E-state index is 10.9. The number of nitrogens with one attached hydrogen (secondary N) is 1. The minimum Gasteiger partial charge on any atom is -0.341 e. The van der Waals surface area contributed by atoms with E-state index in [1.165, 1.54) is 6.92 Å². The second-order valence-electron chi connectivity index (χ2n) is 3.30. The molecular formula is C9H15NO4. The highest BCUT2D eigenvalue weighted by Gasteiger charge is 2.10. The van der Waals surface area contributed by atoms with Gasteiger partial charge in [-0.1, -0.05) is 13.8 Å². The van der Waals surface area contributed by atoms with Crippen LogP contribution < -0.4 is 5.48 Å². The molecule has 0 aliphatic carbocycles. The van der Waals surface area contributed by atoms with Gasteiger partial charge in [0.25, 0.3) is 5.91 Å². The Balaban J connectivity index is 3.64. The zero-order valence-corrected chi connectivity index (χ0v) is 8.62. The lowest BCUT2D eigenvalue weighted by Crippen LogP contribution is -2.29. The van der Waals surface area contributed by atoms with Crippen LogP contribution in [0.4, 0.5) is 0 Å². The van der Waals surface area contributed by atoms with Crippen molar-refractivity contribution in [1.82, 2.24) is 5.48 Å². The minimum atomic E-state index is -0.499. The average molecular weight is 201 g/mol. The van der Waals surface area contributed by atoms with Gasteiger partial charge in [0.2, 0.25) is 0 Å². The summed E-state index contributed by atoms with van der Waals surface area (Å²) in [6.07, 6.45) is 0.200. The number of Topliss-reactive ketones (excluding diaryl/α,β-unsaturated/α-hetero) is 1. The summed E-state index contributed by atoms with van der Waals surface area (Å²) < 4.78 is 0. The molecule has 0 saturated heterocycles.